The molecule has 0 saturated carbocycles. The summed E-state index contributed by atoms with van der Waals surface area (Å²) in [6.45, 7) is 2.98. The van der Waals surface area contributed by atoms with Crippen LogP contribution in [-0.4, -0.2) is 31.2 Å². The van der Waals surface area contributed by atoms with Crippen LogP contribution in [0.4, 0.5) is 14.9 Å². The van der Waals surface area contributed by atoms with Gasteiger partial charge in [0, 0.05) is 12.1 Å². The summed E-state index contributed by atoms with van der Waals surface area (Å²) in [5.41, 5.74) is 7.71. The maximum atomic E-state index is 14.6. The predicted octanol–water partition coefficient (Wildman–Crippen LogP) is 2.80. The van der Waals surface area contributed by atoms with Crippen molar-refractivity contribution >= 4 is 17.7 Å². The maximum Gasteiger partial charge on any atom is 0.414 e. The van der Waals surface area contributed by atoms with Gasteiger partial charge in [0.25, 0.3) is 0 Å². The molecule has 0 spiro atoms. The number of rotatable bonds is 7. The second-order valence-corrected chi connectivity index (χ2v) is 6.46. The Bertz CT molecular complexity index is 839. The van der Waals surface area contributed by atoms with Gasteiger partial charge < -0.3 is 15.8 Å². The van der Waals surface area contributed by atoms with Gasteiger partial charge in [-0.1, -0.05) is 31.2 Å². The molecule has 0 aliphatic carbocycles. The number of primary amides is 1. The van der Waals surface area contributed by atoms with Gasteiger partial charge in [0.05, 0.1) is 18.8 Å². The number of hydrogen-bond donors (Lipinski definition) is 2. The minimum atomic E-state index is -0.443. The van der Waals surface area contributed by atoms with E-state index in [1.807, 2.05) is 31.2 Å². The number of nitrogens with zero attached hydrogens (tertiary/aromatic N) is 1. The number of hydrogen-bond acceptors (Lipinski definition) is 4. The van der Waals surface area contributed by atoms with Crippen LogP contribution >= 0.6 is 0 Å². The number of anilines is 1. The zero-order valence-corrected chi connectivity index (χ0v) is 15.1. The highest BCUT2D eigenvalue weighted by atomic mass is 19.1. The Labute approximate surface area is 157 Å². The Hall–Kier alpha value is -2.93. The molecular formula is C20H22FN3O3. The number of amides is 2. The van der Waals surface area contributed by atoms with Gasteiger partial charge in [-0.25, -0.2) is 9.18 Å². The third-order valence-corrected chi connectivity index (χ3v) is 4.49. The molecule has 1 saturated heterocycles. The van der Waals surface area contributed by atoms with Crippen LogP contribution in [0.1, 0.15) is 18.9 Å². The largest absolute Gasteiger partial charge is 0.444 e. The van der Waals surface area contributed by atoms with E-state index in [0.717, 1.165) is 17.5 Å². The molecule has 1 fully saturated rings. The number of benzene rings is 2. The Morgan fingerprint density at radius 3 is 2.63 bits per heavy atom. The minimum Gasteiger partial charge on any atom is -0.444 e. The molecule has 2 aromatic rings. The monoisotopic (exact) mass is 371 g/mol. The van der Waals surface area contributed by atoms with Gasteiger partial charge in [0.2, 0.25) is 5.91 Å². The smallest absolute Gasteiger partial charge is 0.414 e. The standard InChI is InChI=1S/C20H22FN3O3/c1-2-16-12-24(20(26)27-16)15-7-8-17(18(21)9-15)14-5-3-13(4-6-14)10-23-11-19(22)25/h3-9,16,23H,2,10-12H2,1H3,(H2,22,25)/t16-/m0/s1. The second kappa shape index (κ2) is 8.18. The lowest BCUT2D eigenvalue weighted by atomic mass is 10.0. The first-order chi connectivity index (χ1) is 13.0. The summed E-state index contributed by atoms with van der Waals surface area (Å²) in [6, 6.07) is 12.1. The van der Waals surface area contributed by atoms with E-state index in [1.165, 1.54) is 11.0 Å². The molecule has 2 aromatic carbocycles. The zero-order chi connectivity index (χ0) is 19.4. The van der Waals surface area contributed by atoms with Crippen molar-refractivity contribution in [2.24, 2.45) is 5.73 Å². The van der Waals surface area contributed by atoms with Crippen molar-refractivity contribution < 1.29 is 18.7 Å². The van der Waals surface area contributed by atoms with E-state index in [2.05, 4.69) is 5.32 Å². The number of cyclic esters (lactones) is 1. The molecule has 0 radical (unpaired) electrons. The average Bonchev–Trinajstić information content (AvgIpc) is 3.03. The predicted molar refractivity (Wildman–Crippen MR) is 101 cm³/mol. The molecule has 3 rings (SSSR count). The fraction of sp³-hybridized carbons (Fsp3) is 0.300. The third kappa shape index (κ3) is 4.43. The fourth-order valence-electron chi connectivity index (χ4n) is 2.98. The number of ether oxygens (including phenoxy) is 1. The van der Waals surface area contributed by atoms with E-state index in [4.69, 9.17) is 10.5 Å². The van der Waals surface area contributed by atoms with E-state index in [1.54, 1.807) is 12.1 Å². The van der Waals surface area contributed by atoms with Gasteiger partial charge in [-0.2, -0.15) is 0 Å². The molecule has 142 valence electrons. The van der Waals surface area contributed by atoms with Crippen LogP contribution in [0.2, 0.25) is 0 Å². The lowest BCUT2D eigenvalue weighted by Gasteiger charge is -2.14. The highest BCUT2D eigenvalue weighted by molar-refractivity contribution is 5.90. The SMILES string of the molecule is CC[C@H]1CN(c2ccc(-c3ccc(CNCC(N)=O)cc3)c(F)c2)C(=O)O1. The van der Waals surface area contributed by atoms with Crippen LogP contribution in [0.25, 0.3) is 11.1 Å². The van der Waals surface area contributed by atoms with Crippen molar-refractivity contribution in [2.45, 2.75) is 26.0 Å². The van der Waals surface area contributed by atoms with Crippen LogP contribution in [0.15, 0.2) is 42.5 Å². The van der Waals surface area contributed by atoms with Crippen LogP contribution in [0, 0.1) is 5.82 Å². The maximum absolute atomic E-state index is 14.6. The molecule has 1 atom stereocenters. The number of nitrogens with two attached hydrogens (primary N) is 1. The van der Waals surface area contributed by atoms with Gasteiger partial charge in [-0.05, 0) is 35.7 Å². The van der Waals surface area contributed by atoms with Gasteiger partial charge in [-0.15, -0.1) is 0 Å². The van der Waals surface area contributed by atoms with Crippen LogP contribution in [-0.2, 0) is 16.1 Å². The van der Waals surface area contributed by atoms with E-state index in [9.17, 15) is 14.0 Å². The first kappa shape index (κ1) is 18.8. The Morgan fingerprint density at radius 2 is 2.04 bits per heavy atom. The van der Waals surface area contributed by atoms with Gasteiger partial charge in [-0.3, -0.25) is 9.69 Å². The summed E-state index contributed by atoms with van der Waals surface area (Å²) in [6.07, 6.45) is 0.126. The quantitative estimate of drug-likeness (QED) is 0.784. The summed E-state index contributed by atoms with van der Waals surface area (Å²) in [5, 5.41) is 2.92. The number of carbonyl (C=O) groups excluding carboxylic acids is 2. The topological polar surface area (TPSA) is 84.7 Å². The van der Waals surface area contributed by atoms with E-state index < -0.39 is 17.8 Å². The molecule has 7 heteroatoms. The lowest BCUT2D eigenvalue weighted by Crippen LogP contribution is -2.28. The van der Waals surface area contributed by atoms with Crippen LogP contribution < -0.4 is 16.0 Å². The number of carbonyl (C=O) groups is 2. The van der Waals surface area contributed by atoms with E-state index in [-0.39, 0.29) is 12.6 Å². The fourth-order valence-corrected chi connectivity index (χ4v) is 2.98. The van der Waals surface area contributed by atoms with Crippen molar-refractivity contribution in [1.29, 1.82) is 0 Å². The minimum absolute atomic E-state index is 0.107. The Balaban J connectivity index is 1.72. The zero-order valence-electron chi connectivity index (χ0n) is 15.1. The molecule has 27 heavy (non-hydrogen) atoms. The molecule has 1 aliphatic heterocycles. The molecule has 0 unspecified atom stereocenters. The first-order valence-electron chi connectivity index (χ1n) is 8.84. The van der Waals surface area contributed by atoms with Crippen LogP contribution in [0.3, 0.4) is 0 Å². The molecule has 1 aliphatic rings. The summed E-state index contributed by atoms with van der Waals surface area (Å²) >= 11 is 0. The third-order valence-electron chi connectivity index (χ3n) is 4.49. The highest BCUT2D eigenvalue weighted by Crippen LogP contribution is 2.29. The molecule has 3 N–H and O–H groups in total. The van der Waals surface area contributed by atoms with Crippen molar-refractivity contribution in [2.75, 3.05) is 18.0 Å². The average molecular weight is 371 g/mol. The molecule has 6 nitrogen and oxygen atoms in total. The van der Waals surface area contributed by atoms with Crippen molar-refractivity contribution in [1.82, 2.24) is 5.32 Å². The second-order valence-electron chi connectivity index (χ2n) is 6.46. The molecule has 1 heterocycles. The number of nitrogens with one attached hydrogen (secondary N) is 1. The molecule has 2 amide bonds. The van der Waals surface area contributed by atoms with Gasteiger partial charge in [0.1, 0.15) is 11.9 Å². The molecular weight excluding hydrogens is 349 g/mol. The summed E-state index contributed by atoms with van der Waals surface area (Å²) in [5.74, 6) is -0.819. The first-order valence-corrected chi connectivity index (χ1v) is 8.84. The molecule has 0 aromatic heterocycles. The van der Waals surface area contributed by atoms with Gasteiger partial charge in [0.15, 0.2) is 0 Å². The normalized spacial score (nSPS) is 16.4. The van der Waals surface area contributed by atoms with Crippen LogP contribution in [0.5, 0.6) is 0 Å². The molecule has 0 bridgehead atoms. The Morgan fingerprint density at radius 1 is 1.30 bits per heavy atom. The number of halogens is 1. The lowest BCUT2D eigenvalue weighted by molar-refractivity contribution is -0.117. The summed E-state index contributed by atoms with van der Waals surface area (Å²) in [4.78, 5) is 24.1. The van der Waals surface area contributed by atoms with Crippen molar-refractivity contribution in [3.8, 4) is 11.1 Å². The summed E-state index contributed by atoms with van der Waals surface area (Å²) < 4.78 is 19.9. The summed E-state index contributed by atoms with van der Waals surface area (Å²) in [7, 11) is 0. The highest BCUT2D eigenvalue weighted by Gasteiger charge is 2.31. The van der Waals surface area contributed by atoms with Gasteiger partial charge >= 0.3 is 6.09 Å². The Kier molecular flexibility index (Phi) is 5.71. The van der Waals surface area contributed by atoms with Crippen molar-refractivity contribution in [3.63, 3.8) is 0 Å². The van der Waals surface area contributed by atoms with E-state index >= 15 is 0 Å². The van der Waals surface area contributed by atoms with Crippen molar-refractivity contribution in [3.05, 3.63) is 53.8 Å². The van der Waals surface area contributed by atoms with E-state index in [0.29, 0.717) is 24.3 Å².